The van der Waals surface area contributed by atoms with Crippen LogP contribution in [0.5, 0.6) is 0 Å². The van der Waals surface area contributed by atoms with Crippen LogP contribution in [0.25, 0.3) is 16.2 Å². The van der Waals surface area contributed by atoms with Crippen molar-refractivity contribution < 1.29 is 4.79 Å². The Morgan fingerprint density at radius 2 is 1.93 bits per heavy atom. The van der Waals surface area contributed by atoms with E-state index in [0.717, 1.165) is 38.9 Å². The fraction of sp³-hybridized carbons (Fsp3) is 0.238. The van der Waals surface area contributed by atoms with Crippen molar-refractivity contribution >= 4 is 27.9 Å². The summed E-state index contributed by atoms with van der Waals surface area (Å²) in [6, 6.07) is 10.1. The molecular weight excluding hydrogens is 356 g/mol. The average molecular weight is 379 g/mol. The Labute approximate surface area is 162 Å². The number of aryl methyl sites for hydroxylation is 1. The van der Waals surface area contributed by atoms with Gasteiger partial charge >= 0.3 is 0 Å². The predicted octanol–water partition coefficient (Wildman–Crippen LogP) is 5.31. The molecule has 0 unspecified atom stereocenters. The minimum Gasteiger partial charge on any atom is -0.346 e. The van der Waals surface area contributed by atoms with Gasteiger partial charge in [-0.2, -0.15) is 0 Å². The maximum atomic E-state index is 12.7. The van der Waals surface area contributed by atoms with Crippen LogP contribution in [0, 0.1) is 13.8 Å². The number of anilines is 1. The molecule has 1 aromatic carbocycles. The number of amides is 1. The molecule has 4 aromatic rings. The number of rotatable bonds is 4. The van der Waals surface area contributed by atoms with Crippen LogP contribution in [0.1, 0.15) is 41.6 Å². The number of fused-ring (bicyclic) bond motifs is 1. The second-order valence-corrected chi connectivity index (χ2v) is 7.87. The lowest BCUT2D eigenvalue weighted by molar-refractivity contribution is 0.102. The maximum Gasteiger partial charge on any atom is 0.257 e. The summed E-state index contributed by atoms with van der Waals surface area (Å²) in [5.41, 5.74) is 5.55. The van der Waals surface area contributed by atoms with Gasteiger partial charge in [0.05, 0.1) is 11.3 Å². The SMILES string of the molecule is Cc1cc(C(=O)Nc2ccc(-c3cn4ccsc4n3)cc2)c(C)n1C(C)C. The number of hydrogen-bond donors (Lipinski definition) is 1. The van der Waals surface area contributed by atoms with Crippen LogP contribution >= 0.6 is 11.3 Å². The van der Waals surface area contributed by atoms with Gasteiger partial charge in [0.2, 0.25) is 0 Å². The number of carbonyl (C=O) groups excluding carboxylic acids is 1. The van der Waals surface area contributed by atoms with Crippen LogP contribution in [-0.2, 0) is 0 Å². The number of thiazole rings is 1. The maximum absolute atomic E-state index is 12.7. The first kappa shape index (κ1) is 17.5. The van der Waals surface area contributed by atoms with E-state index in [1.165, 1.54) is 0 Å². The number of benzene rings is 1. The zero-order valence-electron chi connectivity index (χ0n) is 15.9. The van der Waals surface area contributed by atoms with E-state index in [0.29, 0.717) is 6.04 Å². The molecule has 0 fully saturated rings. The van der Waals surface area contributed by atoms with Gasteiger partial charge < -0.3 is 9.88 Å². The van der Waals surface area contributed by atoms with Crippen LogP contribution in [0.2, 0.25) is 0 Å². The van der Waals surface area contributed by atoms with Gasteiger partial charge in [-0.25, -0.2) is 4.98 Å². The molecule has 0 aliphatic heterocycles. The summed E-state index contributed by atoms with van der Waals surface area (Å²) in [6.07, 6.45) is 4.01. The normalized spacial score (nSPS) is 11.4. The summed E-state index contributed by atoms with van der Waals surface area (Å²) >= 11 is 1.61. The zero-order chi connectivity index (χ0) is 19.1. The molecule has 1 N–H and O–H groups in total. The number of aromatic nitrogens is 3. The Kier molecular flexibility index (Phi) is 4.36. The first-order valence-corrected chi connectivity index (χ1v) is 9.84. The smallest absolute Gasteiger partial charge is 0.257 e. The van der Waals surface area contributed by atoms with E-state index in [-0.39, 0.29) is 5.91 Å². The number of hydrogen-bond acceptors (Lipinski definition) is 3. The topological polar surface area (TPSA) is 51.3 Å². The molecule has 0 spiro atoms. The van der Waals surface area contributed by atoms with Crippen molar-refractivity contribution in [2.45, 2.75) is 33.7 Å². The Hall–Kier alpha value is -2.86. The first-order chi connectivity index (χ1) is 12.9. The molecule has 0 saturated carbocycles. The second-order valence-electron chi connectivity index (χ2n) is 7.00. The van der Waals surface area contributed by atoms with Crippen molar-refractivity contribution in [3.05, 3.63) is 65.1 Å². The Morgan fingerprint density at radius 1 is 1.19 bits per heavy atom. The molecule has 6 heteroatoms. The molecule has 0 radical (unpaired) electrons. The van der Waals surface area contributed by atoms with E-state index in [1.807, 2.05) is 66.4 Å². The zero-order valence-corrected chi connectivity index (χ0v) is 16.7. The molecule has 0 aliphatic rings. The molecular formula is C21H22N4OS. The van der Waals surface area contributed by atoms with Crippen molar-refractivity contribution in [1.82, 2.24) is 14.0 Å². The van der Waals surface area contributed by atoms with Crippen molar-refractivity contribution in [2.75, 3.05) is 5.32 Å². The molecule has 27 heavy (non-hydrogen) atoms. The minimum atomic E-state index is -0.0785. The van der Waals surface area contributed by atoms with Gasteiger partial charge in [-0.05, 0) is 45.9 Å². The lowest BCUT2D eigenvalue weighted by Gasteiger charge is -2.13. The van der Waals surface area contributed by atoms with Crippen molar-refractivity contribution in [1.29, 1.82) is 0 Å². The quantitative estimate of drug-likeness (QED) is 0.523. The van der Waals surface area contributed by atoms with Crippen LogP contribution in [-0.4, -0.2) is 19.9 Å². The van der Waals surface area contributed by atoms with Gasteiger partial charge in [0.1, 0.15) is 0 Å². The Morgan fingerprint density at radius 3 is 2.56 bits per heavy atom. The molecule has 4 rings (SSSR count). The lowest BCUT2D eigenvalue weighted by Crippen LogP contribution is -2.13. The summed E-state index contributed by atoms with van der Waals surface area (Å²) in [7, 11) is 0. The van der Waals surface area contributed by atoms with E-state index in [9.17, 15) is 4.79 Å². The molecule has 0 saturated heterocycles. The Balaban J connectivity index is 1.54. The van der Waals surface area contributed by atoms with Crippen LogP contribution < -0.4 is 5.32 Å². The number of nitrogens with zero attached hydrogens (tertiary/aromatic N) is 3. The molecule has 0 atom stereocenters. The molecule has 0 bridgehead atoms. The fourth-order valence-electron chi connectivity index (χ4n) is 3.59. The number of imidazole rings is 1. The average Bonchev–Trinajstić information content (AvgIpc) is 3.28. The van der Waals surface area contributed by atoms with Gasteiger partial charge in [-0.3, -0.25) is 9.20 Å². The minimum absolute atomic E-state index is 0.0785. The fourth-order valence-corrected chi connectivity index (χ4v) is 4.29. The Bertz CT molecular complexity index is 1090. The first-order valence-electron chi connectivity index (χ1n) is 8.96. The third-order valence-electron chi connectivity index (χ3n) is 4.78. The highest BCUT2D eigenvalue weighted by Gasteiger charge is 2.17. The van der Waals surface area contributed by atoms with Crippen LogP contribution in [0.4, 0.5) is 5.69 Å². The largest absolute Gasteiger partial charge is 0.346 e. The van der Waals surface area contributed by atoms with E-state index >= 15 is 0 Å². The van der Waals surface area contributed by atoms with Gasteiger partial charge in [-0.1, -0.05) is 12.1 Å². The summed E-state index contributed by atoms with van der Waals surface area (Å²) in [5.74, 6) is -0.0785. The molecule has 3 aromatic heterocycles. The monoisotopic (exact) mass is 378 g/mol. The molecule has 0 aliphatic carbocycles. The predicted molar refractivity (Wildman–Crippen MR) is 111 cm³/mol. The van der Waals surface area contributed by atoms with Gasteiger partial charge in [0.25, 0.3) is 5.91 Å². The molecule has 1 amide bonds. The van der Waals surface area contributed by atoms with E-state index in [1.54, 1.807) is 11.3 Å². The van der Waals surface area contributed by atoms with E-state index in [2.05, 4.69) is 28.7 Å². The van der Waals surface area contributed by atoms with Crippen molar-refractivity contribution in [2.24, 2.45) is 0 Å². The number of nitrogens with one attached hydrogen (secondary N) is 1. The van der Waals surface area contributed by atoms with Gasteiger partial charge in [0.15, 0.2) is 4.96 Å². The van der Waals surface area contributed by atoms with Crippen LogP contribution in [0.3, 0.4) is 0 Å². The van der Waals surface area contributed by atoms with Crippen LogP contribution in [0.15, 0.2) is 48.1 Å². The third kappa shape index (κ3) is 3.17. The summed E-state index contributed by atoms with van der Waals surface area (Å²) in [6.45, 7) is 8.28. The van der Waals surface area contributed by atoms with Gasteiger partial charge in [0, 0.05) is 46.5 Å². The molecule has 5 nitrogen and oxygen atoms in total. The van der Waals surface area contributed by atoms with Crippen molar-refractivity contribution in [3.8, 4) is 11.3 Å². The molecule has 138 valence electrons. The van der Waals surface area contributed by atoms with Gasteiger partial charge in [-0.15, -0.1) is 11.3 Å². The molecule has 3 heterocycles. The highest BCUT2D eigenvalue weighted by molar-refractivity contribution is 7.15. The summed E-state index contributed by atoms with van der Waals surface area (Å²) in [5, 5.41) is 5.02. The lowest BCUT2D eigenvalue weighted by atomic mass is 10.1. The number of carbonyl (C=O) groups is 1. The van der Waals surface area contributed by atoms with E-state index in [4.69, 9.17) is 0 Å². The highest BCUT2D eigenvalue weighted by Crippen LogP contribution is 2.24. The van der Waals surface area contributed by atoms with Crippen molar-refractivity contribution in [3.63, 3.8) is 0 Å². The highest BCUT2D eigenvalue weighted by atomic mass is 32.1. The van der Waals surface area contributed by atoms with E-state index < -0.39 is 0 Å². The standard InChI is InChI=1S/C21H22N4OS/c1-13(2)25-14(3)11-18(15(25)4)20(26)22-17-7-5-16(6-8-17)19-12-24-9-10-27-21(24)23-19/h5-13H,1-4H3,(H,22,26). The third-order valence-corrected chi connectivity index (χ3v) is 5.55. The summed E-state index contributed by atoms with van der Waals surface area (Å²) in [4.78, 5) is 18.3. The summed E-state index contributed by atoms with van der Waals surface area (Å²) < 4.78 is 4.20. The second kappa shape index (κ2) is 6.70.